The number of rotatable bonds is 3. The maximum Gasteiger partial charge on any atom is 0.267 e. The van der Waals surface area contributed by atoms with E-state index in [4.69, 9.17) is 4.42 Å². The predicted octanol–water partition coefficient (Wildman–Crippen LogP) is 2.15. The molecular formula is C11H14N2O2. The minimum Gasteiger partial charge on any atom is -0.463 e. The SMILES string of the molecule is CC(C)CNC(=O)c1cc2occc2[nH]1. The summed E-state index contributed by atoms with van der Waals surface area (Å²) in [7, 11) is 0. The highest BCUT2D eigenvalue weighted by atomic mass is 16.3. The first-order valence-corrected chi connectivity index (χ1v) is 5.01. The van der Waals surface area contributed by atoms with Crippen LogP contribution in [0.25, 0.3) is 11.1 Å². The van der Waals surface area contributed by atoms with Crippen LogP contribution in [0.15, 0.2) is 22.8 Å². The molecule has 4 nitrogen and oxygen atoms in total. The Morgan fingerprint density at radius 3 is 3.07 bits per heavy atom. The Morgan fingerprint density at radius 2 is 2.40 bits per heavy atom. The van der Waals surface area contributed by atoms with Crippen molar-refractivity contribution in [1.82, 2.24) is 10.3 Å². The molecule has 80 valence electrons. The molecule has 1 amide bonds. The molecule has 4 heteroatoms. The molecule has 0 atom stereocenters. The van der Waals surface area contributed by atoms with Crippen LogP contribution in [0, 0.1) is 5.92 Å². The Bertz CT molecular complexity index is 439. The molecule has 0 saturated heterocycles. The van der Waals surface area contributed by atoms with Crippen LogP contribution >= 0.6 is 0 Å². The number of nitrogens with one attached hydrogen (secondary N) is 2. The number of aromatic amines is 1. The zero-order valence-electron chi connectivity index (χ0n) is 8.83. The van der Waals surface area contributed by atoms with Crippen molar-refractivity contribution in [3.63, 3.8) is 0 Å². The molecule has 0 unspecified atom stereocenters. The van der Waals surface area contributed by atoms with E-state index >= 15 is 0 Å². The lowest BCUT2D eigenvalue weighted by atomic mass is 10.2. The van der Waals surface area contributed by atoms with Gasteiger partial charge < -0.3 is 14.7 Å². The molecule has 15 heavy (non-hydrogen) atoms. The van der Waals surface area contributed by atoms with Crippen molar-refractivity contribution in [1.29, 1.82) is 0 Å². The lowest BCUT2D eigenvalue weighted by Gasteiger charge is -2.05. The van der Waals surface area contributed by atoms with Gasteiger partial charge in [0.1, 0.15) is 5.69 Å². The van der Waals surface area contributed by atoms with Crippen molar-refractivity contribution in [3.8, 4) is 0 Å². The van der Waals surface area contributed by atoms with E-state index in [1.165, 1.54) is 0 Å². The van der Waals surface area contributed by atoms with Gasteiger partial charge in [-0.3, -0.25) is 4.79 Å². The summed E-state index contributed by atoms with van der Waals surface area (Å²) in [6, 6.07) is 3.51. The fraction of sp³-hybridized carbons (Fsp3) is 0.364. The van der Waals surface area contributed by atoms with Gasteiger partial charge in [-0.1, -0.05) is 13.8 Å². The molecule has 0 spiro atoms. The quantitative estimate of drug-likeness (QED) is 0.808. The zero-order valence-corrected chi connectivity index (χ0v) is 8.83. The van der Waals surface area contributed by atoms with Gasteiger partial charge in [0.05, 0.1) is 11.8 Å². The summed E-state index contributed by atoms with van der Waals surface area (Å²) < 4.78 is 5.16. The topological polar surface area (TPSA) is 58.0 Å². The maximum absolute atomic E-state index is 11.6. The number of H-pyrrole nitrogens is 1. The van der Waals surface area contributed by atoms with Gasteiger partial charge in [0, 0.05) is 18.7 Å². The number of furan rings is 1. The number of amides is 1. The third-order valence-electron chi connectivity index (χ3n) is 2.16. The first-order chi connectivity index (χ1) is 7.16. The van der Waals surface area contributed by atoms with Crippen LogP contribution in [0.2, 0.25) is 0 Å². The monoisotopic (exact) mass is 206 g/mol. The van der Waals surface area contributed by atoms with Crippen molar-refractivity contribution in [2.45, 2.75) is 13.8 Å². The lowest BCUT2D eigenvalue weighted by molar-refractivity contribution is 0.0945. The van der Waals surface area contributed by atoms with Crippen molar-refractivity contribution in [3.05, 3.63) is 24.1 Å². The Labute approximate surface area is 87.7 Å². The number of aromatic nitrogens is 1. The number of fused-ring (bicyclic) bond motifs is 1. The molecule has 2 heterocycles. The van der Waals surface area contributed by atoms with E-state index in [-0.39, 0.29) is 5.91 Å². The van der Waals surface area contributed by atoms with Gasteiger partial charge >= 0.3 is 0 Å². The molecule has 0 fully saturated rings. The zero-order chi connectivity index (χ0) is 10.8. The van der Waals surface area contributed by atoms with E-state index in [1.54, 1.807) is 18.4 Å². The molecule has 0 aliphatic carbocycles. The number of carbonyl (C=O) groups excluding carboxylic acids is 1. The van der Waals surface area contributed by atoms with Crippen LogP contribution in [-0.4, -0.2) is 17.4 Å². The summed E-state index contributed by atoms with van der Waals surface area (Å²) in [6.07, 6.45) is 1.59. The van der Waals surface area contributed by atoms with Crippen molar-refractivity contribution in [2.24, 2.45) is 5.92 Å². The second-order valence-corrected chi connectivity index (χ2v) is 3.99. The summed E-state index contributed by atoms with van der Waals surface area (Å²) >= 11 is 0. The Morgan fingerprint density at radius 1 is 1.60 bits per heavy atom. The first-order valence-electron chi connectivity index (χ1n) is 5.01. The second kappa shape index (κ2) is 3.81. The Kier molecular flexibility index (Phi) is 2.49. The van der Waals surface area contributed by atoms with Gasteiger partial charge in [-0.25, -0.2) is 0 Å². The lowest BCUT2D eigenvalue weighted by Crippen LogP contribution is -2.27. The molecule has 2 aromatic rings. The summed E-state index contributed by atoms with van der Waals surface area (Å²) in [4.78, 5) is 14.6. The molecule has 0 saturated carbocycles. The average molecular weight is 206 g/mol. The van der Waals surface area contributed by atoms with Gasteiger partial charge in [-0.15, -0.1) is 0 Å². The fourth-order valence-electron chi connectivity index (χ4n) is 1.36. The van der Waals surface area contributed by atoms with Gasteiger partial charge in [0.25, 0.3) is 5.91 Å². The van der Waals surface area contributed by atoms with Crippen LogP contribution in [-0.2, 0) is 0 Å². The van der Waals surface area contributed by atoms with E-state index in [2.05, 4.69) is 24.1 Å². The minimum absolute atomic E-state index is 0.0879. The van der Waals surface area contributed by atoms with Crippen LogP contribution < -0.4 is 5.32 Å². The molecule has 0 radical (unpaired) electrons. The molecule has 0 aliphatic heterocycles. The van der Waals surface area contributed by atoms with Crippen LogP contribution in [0.5, 0.6) is 0 Å². The Balaban J connectivity index is 2.10. The van der Waals surface area contributed by atoms with E-state index in [9.17, 15) is 4.79 Å². The highest BCUT2D eigenvalue weighted by Crippen LogP contribution is 2.15. The number of carbonyl (C=O) groups is 1. The smallest absolute Gasteiger partial charge is 0.267 e. The van der Waals surface area contributed by atoms with Crippen LogP contribution in [0.3, 0.4) is 0 Å². The van der Waals surface area contributed by atoms with E-state index < -0.39 is 0 Å². The van der Waals surface area contributed by atoms with Crippen molar-refractivity contribution >= 4 is 17.0 Å². The van der Waals surface area contributed by atoms with Gasteiger partial charge in [-0.2, -0.15) is 0 Å². The minimum atomic E-state index is -0.0879. The third kappa shape index (κ3) is 2.03. The normalized spacial score (nSPS) is 11.1. The van der Waals surface area contributed by atoms with E-state index in [0.717, 1.165) is 5.52 Å². The summed E-state index contributed by atoms with van der Waals surface area (Å²) in [5.41, 5.74) is 2.11. The largest absolute Gasteiger partial charge is 0.463 e. The first kappa shape index (κ1) is 9.83. The molecular weight excluding hydrogens is 192 g/mol. The fourth-order valence-corrected chi connectivity index (χ4v) is 1.36. The molecule has 2 aromatic heterocycles. The van der Waals surface area contributed by atoms with Gasteiger partial charge in [-0.05, 0) is 5.92 Å². The van der Waals surface area contributed by atoms with Crippen LogP contribution in [0.4, 0.5) is 0 Å². The third-order valence-corrected chi connectivity index (χ3v) is 2.16. The van der Waals surface area contributed by atoms with Crippen molar-refractivity contribution in [2.75, 3.05) is 6.54 Å². The highest BCUT2D eigenvalue weighted by Gasteiger charge is 2.10. The summed E-state index contributed by atoms with van der Waals surface area (Å²) in [5, 5.41) is 2.84. The molecule has 2 N–H and O–H groups in total. The molecule has 0 bridgehead atoms. The standard InChI is InChI=1S/C11H14N2O2/c1-7(2)6-12-11(14)9-5-10-8(13-9)3-4-15-10/h3-5,7,13H,6H2,1-2H3,(H,12,14). The second-order valence-electron chi connectivity index (χ2n) is 3.99. The van der Waals surface area contributed by atoms with Crippen molar-refractivity contribution < 1.29 is 9.21 Å². The number of hydrogen-bond acceptors (Lipinski definition) is 2. The molecule has 2 rings (SSSR count). The predicted molar refractivity (Wildman–Crippen MR) is 57.7 cm³/mol. The van der Waals surface area contributed by atoms with E-state index in [1.807, 2.05) is 0 Å². The summed E-state index contributed by atoms with van der Waals surface area (Å²) in [5.74, 6) is 0.363. The summed E-state index contributed by atoms with van der Waals surface area (Å²) in [6.45, 7) is 4.79. The highest BCUT2D eigenvalue weighted by molar-refractivity contribution is 5.96. The number of hydrogen-bond donors (Lipinski definition) is 2. The van der Waals surface area contributed by atoms with Crippen LogP contribution in [0.1, 0.15) is 24.3 Å². The Hall–Kier alpha value is -1.71. The van der Waals surface area contributed by atoms with Gasteiger partial charge in [0.15, 0.2) is 5.58 Å². The maximum atomic E-state index is 11.6. The van der Waals surface area contributed by atoms with E-state index in [0.29, 0.717) is 23.7 Å². The molecule has 0 aromatic carbocycles. The van der Waals surface area contributed by atoms with Gasteiger partial charge in [0.2, 0.25) is 0 Å². The molecule has 0 aliphatic rings. The average Bonchev–Trinajstić information content (AvgIpc) is 2.72.